The van der Waals surface area contributed by atoms with Crippen LogP contribution in [0.5, 0.6) is 0 Å². The summed E-state index contributed by atoms with van der Waals surface area (Å²) in [6.45, 7) is 18.0. The van der Waals surface area contributed by atoms with Gasteiger partial charge in [0.1, 0.15) is 11.9 Å². The first-order valence-corrected chi connectivity index (χ1v) is 15.8. The average molecular weight is 438 g/mol. The van der Waals surface area contributed by atoms with Crippen molar-refractivity contribution in [1.29, 1.82) is 0 Å². The van der Waals surface area contributed by atoms with Gasteiger partial charge in [0.25, 0.3) is 0 Å². The largest absolute Gasteiger partial charge is 0.544 e. The standard InChI is InChI=1S/C17H33BrO4Si2/c1-16(2,3)24(8,9)21-14-12(18)10-17(22-23(5,6)7)11-13(19-4)20-15(14)17/h13,15H,10-11H2,1-9H3/t13-,15+,17-/m0/s1. The summed E-state index contributed by atoms with van der Waals surface area (Å²) in [6.07, 6.45) is 1.13. The summed E-state index contributed by atoms with van der Waals surface area (Å²) < 4.78 is 26.1. The van der Waals surface area contributed by atoms with Crippen LogP contribution in [-0.2, 0) is 18.3 Å². The quantitative estimate of drug-likeness (QED) is 0.542. The Morgan fingerprint density at radius 2 is 1.75 bits per heavy atom. The molecule has 0 N–H and O–H groups in total. The van der Waals surface area contributed by atoms with Gasteiger partial charge in [-0.05, 0) is 37.8 Å². The van der Waals surface area contributed by atoms with Crippen molar-refractivity contribution in [3.8, 4) is 0 Å². The second kappa shape index (κ2) is 6.49. The molecule has 1 aliphatic heterocycles. The van der Waals surface area contributed by atoms with Crippen LogP contribution in [0, 0.1) is 0 Å². The first-order chi connectivity index (χ1) is 10.7. The second-order valence-electron chi connectivity index (χ2n) is 9.47. The molecule has 3 atom stereocenters. The highest BCUT2D eigenvalue weighted by molar-refractivity contribution is 9.11. The lowest BCUT2D eigenvalue weighted by molar-refractivity contribution is -0.116. The molecule has 24 heavy (non-hydrogen) atoms. The molecule has 0 aromatic rings. The third-order valence-corrected chi connectivity index (χ3v) is 11.2. The van der Waals surface area contributed by atoms with E-state index in [2.05, 4.69) is 69.4 Å². The number of rotatable bonds is 5. The first-order valence-electron chi connectivity index (χ1n) is 8.67. The van der Waals surface area contributed by atoms with Gasteiger partial charge in [0.15, 0.2) is 14.6 Å². The van der Waals surface area contributed by atoms with Crippen molar-refractivity contribution in [3.05, 3.63) is 10.2 Å². The van der Waals surface area contributed by atoms with Crippen molar-refractivity contribution >= 4 is 32.6 Å². The highest BCUT2D eigenvalue weighted by Gasteiger charge is 2.59. The van der Waals surface area contributed by atoms with Crippen LogP contribution < -0.4 is 0 Å². The summed E-state index contributed by atoms with van der Waals surface area (Å²) in [6, 6.07) is 0. The van der Waals surface area contributed by atoms with E-state index in [9.17, 15) is 0 Å². The molecular weight excluding hydrogens is 404 g/mol. The minimum absolute atomic E-state index is 0.136. The minimum Gasteiger partial charge on any atom is -0.544 e. The Labute approximate surface area is 157 Å². The van der Waals surface area contributed by atoms with Crippen molar-refractivity contribution in [1.82, 2.24) is 0 Å². The molecule has 0 bridgehead atoms. The summed E-state index contributed by atoms with van der Waals surface area (Å²) in [5, 5.41) is 0.136. The zero-order chi connectivity index (χ0) is 18.6. The molecule has 1 fully saturated rings. The third kappa shape index (κ3) is 4.01. The highest BCUT2D eigenvalue weighted by Crippen LogP contribution is 2.53. The number of methoxy groups -OCH3 is 1. The van der Waals surface area contributed by atoms with Crippen LogP contribution >= 0.6 is 15.9 Å². The van der Waals surface area contributed by atoms with Gasteiger partial charge >= 0.3 is 0 Å². The molecule has 0 radical (unpaired) electrons. The fraction of sp³-hybridized carbons (Fsp3) is 0.882. The van der Waals surface area contributed by atoms with Crippen molar-refractivity contribution in [2.45, 2.75) is 89.4 Å². The minimum atomic E-state index is -1.95. The van der Waals surface area contributed by atoms with Crippen molar-refractivity contribution in [2.75, 3.05) is 7.11 Å². The second-order valence-corrected chi connectivity index (χ2v) is 19.6. The molecule has 1 aliphatic carbocycles. The molecule has 0 aromatic heterocycles. The lowest BCUT2D eigenvalue weighted by Gasteiger charge is -2.40. The number of halogens is 1. The maximum Gasteiger partial charge on any atom is 0.250 e. The molecule has 0 unspecified atom stereocenters. The molecule has 0 aromatic carbocycles. The fourth-order valence-corrected chi connectivity index (χ4v) is 6.57. The predicted molar refractivity (Wildman–Crippen MR) is 106 cm³/mol. The summed E-state index contributed by atoms with van der Waals surface area (Å²) in [5.74, 6) is 0.930. The van der Waals surface area contributed by atoms with Gasteiger partial charge in [0.05, 0.1) is 5.60 Å². The number of hydrogen-bond acceptors (Lipinski definition) is 4. The van der Waals surface area contributed by atoms with Gasteiger partial charge in [0.2, 0.25) is 8.32 Å². The van der Waals surface area contributed by atoms with Gasteiger partial charge < -0.3 is 18.3 Å². The van der Waals surface area contributed by atoms with E-state index in [0.717, 1.165) is 23.1 Å². The highest BCUT2D eigenvalue weighted by atomic mass is 79.9. The van der Waals surface area contributed by atoms with Gasteiger partial charge in [-0.1, -0.05) is 36.7 Å². The van der Waals surface area contributed by atoms with E-state index >= 15 is 0 Å². The van der Waals surface area contributed by atoms with Crippen LogP contribution in [0.3, 0.4) is 0 Å². The lowest BCUT2D eigenvalue weighted by Crippen LogP contribution is -2.48. The fourth-order valence-electron chi connectivity index (χ4n) is 3.09. The third-order valence-electron chi connectivity index (χ3n) is 5.18. The molecule has 1 saturated heterocycles. The Morgan fingerprint density at radius 1 is 1.17 bits per heavy atom. The Kier molecular flexibility index (Phi) is 5.59. The van der Waals surface area contributed by atoms with E-state index in [4.69, 9.17) is 18.3 Å². The van der Waals surface area contributed by atoms with Crippen LogP contribution in [0.1, 0.15) is 33.6 Å². The van der Waals surface area contributed by atoms with E-state index in [1.54, 1.807) is 7.11 Å². The van der Waals surface area contributed by atoms with E-state index in [1.165, 1.54) is 0 Å². The predicted octanol–water partition coefficient (Wildman–Crippen LogP) is 5.37. The molecule has 0 saturated carbocycles. The maximum atomic E-state index is 6.65. The zero-order valence-corrected chi connectivity index (χ0v) is 20.2. The van der Waals surface area contributed by atoms with Gasteiger partial charge in [-0.3, -0.25) is 0 Å². The Bertz CT molecular complexity index is 522. The lowest BCUT2D eigenvalue weighted by atomic mass is 9.97. The van der Waals surface area contributed by atoms with E-state index in [0.29, 0.717) is 0 Å². The van der Waals surface area contributed by atoms with Crippen molar-refractivity contribution in [3.63, 3.8) is 0 Å². The number of hydrogen-bond donors (Lipinski definition) is 0. The van der Waals surface area contributed by atoms with Crippen LogP contribution in [-0.4, -0.2) is 41.7 Å². The average Bonchev–Trinajstić information content (AvgIpc) is 2.80. The molecule has 1 heterocycles. The zero-order valence-electron chi connectivity index (χ0n) is 16.6. The summed E-state index contributed by atoms with van der Waals surface area (Å²) in [4.78, 5) is 0. The molecule has 4 nitrogen and oxygen atoms in total. The van der Waals surface area contributed by atoms with Crippen LogP contribution in [0.15, 0.2) is 10.2 Å². The van der Waals surface area contributed by atoms with E-state index in [-0.39, 0.29) is 23.0 Å². The van der Waals surface area contributed by atoms with Crippen LogP contribution in [0.2, 0.25) is 37.8 Å². The van der Waals surface area contributed by atoms with Gasteiger partial charge in [0, 0.05) is 24.4 Å². The molecule has 2 aliphatic rings. The molecular formula is C17H33BrO4Si2. The SMILES string of the molecule is CO[C@@H]1C[C@@]2(O[Si](C)(C)C)CC(Br)=C(O[Si](C)(C)C(C)(C)C)[C@H]2O1. The molecule has 0 amide bonds. The topological polar surface area (TPSA) is 36.9 Å². The van der Waals surface area contributed by atoms with Crippen molar-refractivity contribution in [2.24, 2.45) is 0 Å². The number of ether oxygens (including phenoxy) is 2. The van der Waals surface area contributed by atoms with E-state index < -0.39 is 16.6 Å². The Hall–Kier alpha value is 0.334. The Balaban J connectivity index is 2.32. The normalized spacial score (nSPS) is 31.6. The molecule has 0 spiro atoms. The molecule has 2 rings (SSSR count). The molecule has 7 heteroatoms. The van der Waals surface area contributed by atoms with Crippen LogP contribution in [0.25, 0.3) is 0 Å². The summed E-state index contributed by atoms with van der Waals surface area (Å²) in [7, 11) is -1.99. The summed E-state index contributed by atoms with van der Waals surface area (Å²) in [5.41, 5.74) is -0.359. The smallest absolute Gasteiger partial charge is 0.250 e. The van der Waals surface area contributed by atoms with Gasteiger partial charge in [-0.25, -0.2) is 0 Å². The Morgan fingerprint density at radius 3 is 2.21 bits per heavy atom. The maximum absolute atomic E-state index is 6.65. The van der Waals surface area contributed by atoms with Crippen LogP contribution in [0.4, 0.5) is 0 Å². The summed E-state index contributed by atoms with van der Waals surface area (Å²) >= 11 is 3.76. The van der Waals surface area contributed by atoms with Gasteiger partial charge in [-0.15, -0.1) is 0 Å². The monoisotopic (exact) mass is 436 g/mol. The van der Waals surface area contributed by atoms with Gasteiger partial charge in [-0.2, -0.15) is 0 Å². The first kappa shape index (κ1) is 20.6. The molecule has 140 valence electrons. The number of fused-ring (bicyclic) bond motifs is 1. The van der Waals surface area contributed by atoms with Crippen molar-refractivity contribution < 1.29 is 18.3 Å². The van der Waals surface area contributed by atoms with E-state index in [1.807, 2.05) is 0 Å².